The van der Waals surface area contributed by atoms with Gasteiger partial charge in [0.25, 0.3) is 5.91 Å². The first-order valence-corrected chi connectivity index (χ1v) is 10.1. The first-order valence-electron chi connectivity index (χ1n) is 10.1. The highest BCUT2D eigenvalue weighted by atomic mass is 16.3. The van der Waals surface area contributed by atoms with Crippen molar-refractivity contribution in [3.8, 4) is 0 Å². The number of nitrogens with zero attached hydrogens (tertiary/aromatic N) is 3. The molecule has 8 nitrogen and oxygen atoms in total. The molecule has 1 amide bonds. The summed E-state index contributed by atoms with van der Waals surface area (Å²) in [6, 6.07) is 10.1. The van der Waals surface area contributed by atoms with Crippen molar-refractivity contribution in [3.05, 3.63) is 53.5 Å². The number of nitrogens with one attached hydrogen (secondary N) is 2. The minimum Gasteiger partial charge on any atom is -0.393 e. The third-order valence-corrected chi connectivity index (χ3v) is 5.54. The van der Waals surface area contributed by atoms with Crippen LogP contribution >= 0.6 is 0 Å². The van der Waals surface area contributed by atoms with Gasteiger partial charge in [0.05, 0.1) is 12.2 Å². The Labute approximate surface area is 170 Å². The molecule has 0 spiro atoms. The molecule has 1 aromatic carbocycles. The van der Waals surface area contributed by atoms with Crippen LogP contribution in [0.5, 0.6) is 0 Å². The Morgan fingerprint density at radius 1 is 1.24 bits per heavy atom. The molecule has 29 heavy (non-hydrogen) atoms. The Morgan fingerprint density at radius 3 is 2.83 bits per heavy atom. The first-order chi connectivity index (χ1) is 14.1. The Balaban J connectivity index is 1.24. The lowest BCUT2D eigenvalue weighted by Gasteiger charge is -2.32. The minimum atomic E-state index is -0.653. The molecule has 4 N–H and O–H groups in total. The third kappa shape index (κ3) is 5.09. The Hall–Kier alpha value is -2.55. The van der Waals surface area contributed by atoms with Crippen molar-refractivity contribution in [1.29, 1.82) is 0 Å². The molecule has 0 radical (unpaired) electrons. The number of carbonyl (C=O) groups is 1. The Bertz CT molecular complexity index is 856. The quantitative estimate of drug-likeness (QED) is 0.540. The summed E-state index contributed by atoms with van der Waals surface area (Å²) in [5.41, 5.74) is 2.92. The van der Waals surface area contributed by atoms with E-state index < -0.39 is 6.10 Å². The average Bonchev–Trinajstić information content (AvgIpc) is 2.71. The van der Waals surface area contributed by atoms with Crippen molar-refractivity contribution in [2.24, 2.45) is 0 Å². The predicted molar refractivity (Wildman–Crippen MR) is 108 cm³/mol. The minimum absolute atomic E-state index is 0.165. The van der Waals surface area contributed by atoms with E-state index in [-0.39, 0.29) is 30.3 Å². The number of aromatic nitrogens is 2. The normalized spacial score (nSPS) is 22.3. The van der Waals surface area contributed by atoms with Crippen LogP contribution in [0.3, 0.4) is 0 Å². The van der Waals surface area contributed by atoms with E-state index in [0.717, 1.165) is 19.5 Å². The summed E-state index contributed by atoms with van der Waals surface area (Å²) in [5.74, 6) is 0.224. The van der Waals surface area contributed by atoms with Crippen molar-refractivity contribution >= 4 is 11.7 Å². The summed E-state index contributed by atoms with van der Waals surface area (Å²) in [7, 11) is 0. The number of anilines is 1. The molecule has 1 aliphatic heterocycles. The molecule has 4 rings (SSSR count). The standard InChI is InChI=1S/C21H27N5O3/c27-17-7-16(8-17)25-20-9-19(23-13-24-20)21(29)22-10-18(28)12-26-6-5-14-3-1-2-4-15(14)11-26/h1-4,9,13,16-18,27-28H,5-8,10-12H2,(H,22,29)(H,23,24,25)/t16-,17+,18-/m0/s1. The van der Waals surface area contributed by atoms with E-state index in [4.69, 9.17) is 0 Å². The summed E-state index contributed by atoms with van der Waals surface area (Å²) in [6.45, 7) is 2.39. The van der Waals surface area contributed by atoms with Gasteiger partial charge in [-0.25, -0.2) is 9.97 Å². The zero-order valence-corrected chi connectivity index (χ0v) is 16.3. The molecule has 1 fully saturated rings. The number of β-amino-alcohol motifs (C(OH)–C–C–N with tert-alkyl or cyclic N) is 1. The van der Waals surface area contributed by atoms with Gasteiger partial charge in [0.2, 0.25) is 0 Å². The van der Waals surface area contributed by atoms with Gasteiger partial charge in [0.1, 0.15) is 17.8 Å². The lowest BCUT2D eigenvalue weighted by molar-refractivity contribution is 0.0829. The fourth-order valence-corrected chi connectivity index (χ4v) is 3.85. The number of hydrogen-bond donors (Lipinski definition) is 4. The highest BCUT2D eigenvalue weighted by molar-refractivity contribution is 5.92. The molecule has 0 saturated heterocycles. The molecule has 1 aromatic heterocycles. The van der Waals surface area contributed by atoms with Gasteiger partial charge < -0.3 is 20.8 Å². The van der Waals surface area contributed by atoms with E-state index in [9.17, 15) is 15.0 Å². The van der Waals surface area contributed by atoms with Crippen molar-refractivity contribution < 1.29 is 15.0 Å². The van der Waals surface area contributed by atoms with Gasteiger partial charge in [-0.1, -0.05) is 24.3 Å². The van der Waals surface area contributed by atoms with Crippen molar-refractivity contribution in [3.63, 3.8) is 0 Å². The van der Waals surface area contributed by atoms with Crippen LogP contribution in [0.15, 0.2) is 36.7 Å². The molecule has 8 heteroatoms. The lowest BCUT2D eigenvalue weighted by Crippen LogP contribution is -2.42. The number of benzene rings is 1. The van der Waals surface area contributed by atoms with Crippen LogP contribution in [0, 0.1) is 0 Å². The second kappa shape index (κ2) is 8.86. The Kier molecular flexibility index (Phi) is 6.03. The number of rotatable bonds is 7. The van der Waals surface area contributed by atoms with Gasteiger partial charge >= 0.3 is 0 Å². The van der Waals surface area contributed by atoms with E-state index in [1.165, 1.54) is 17.5 Å². The molecular formula is C21H27N5O3. The largest absolute Gasteiger partial charge is 0.393 e. The van der Waals surface area contributed by atoms with Gasteiger partial charge in [0, 0.05) is 38.3 Å². The van der Waals surface area contributed by atoms with E-state index in [1.807, 2.05) is 6.07 Å². The van der Waals surface area contributed by atoms with Gasteiger partial charge in [-0.15, -0.1) is 0 Å². The average molecular weight is 397 g/mol. The highest BCUT2D eigenvalue weighted by Crippen LogP contribution is 2.23. The number of aliphatic hydroxyl groups excluding tert-OH is 2. The molecule has 1 atom stereocenters. The van der Waals surface area contributed by atoms with Gasteiger partial charge in [-0.2, -0.15) is 0 Å². The lowest BCUT2D eigenvalue weighted by atomic mass is 9.89. The number of aliphatic hydroxyl groups is 2. The van der Waals surface area contributed by atoms with Crippen LogP contribution in [0.1, 0.15) is 34.5 Å². The zero-order chi connectivity index (χ0) is 20.2. The fraction of sp³-hybridized carbons (Fsp3) is 0.476. The van der Waals surface area contributed by atoms with Gasteiger partial charge in [0.15, 0.2) is 0 Å². The number of hydrogen-bond acceptors (Lipinski definition) is 7. The monoisotopic (exact) mass is 397 g/mol. The van der Waals surface area contributed by atoms with Crippen LogP contribution in [0.4, 0.5) is 5.82 Å². The van der Waals surface area contributed by atoms with Gasteiger partial charge in [-0.05, 0) is 30.4 Å². The van der Waals surface area contributed by atoms with Crippen molar-refractivity contribution in [2.45, 2.75) is 44.1 Å². The molecule has 0 unspecified atom stereocenters. The zero-order valence-electron chi connectivity index (χ0n) is 16.3. The highest BCUT2D eigenvalue weighted by Gasteiger charge is 2.27. The maximum Gasteiger partial charge on any atom is 0.270 e. The van der Waals surface area contributed by atoms with Crippen molar-refractivity contribution in [2.75, 3.05) is 25.0 Å². The van der Waals surface area contributed by atoms with E-state index >= 15 is 0 Å². The molecule has 154 valence electrons. The maximum absolute atomic E-state index is 12.4. The summed E-state index contributed by atoms with van der Waals surface area (Å²) >= 11 is 0. The number of carbonyl (C=O) groups excluding carboxylic acids is 1. The van der Waals surface area contributed by atoms with Crippen LogP contribution in [-0.2, 0) is 13.0 Å². The third-order valence-electron chi connectivity index (χ3n) is 5.54. The topological polar surface area (TPSA) is 111 Å². The Morgan fingerprint density at radius 2 is 2.03 bits per heavy atom. The summed E-state index contributed by atoms with van der Waals surface area (Å²) in [5, 5.41) is 25.7. The van der Waals surface area contributed by atoms with Crippen LogP contribution in [-0.4, -0.2) is 68.9 Å². The summed E-state index contributed by atoms with van der Waals surface area (Å²) < 4.78 is 0. The maximum atomic E-state index is 12.4. The van der Waals surface area contributed by atoms with E-state index in [0.29, 0.717) is 25.2 Å². The summed E-state index contributed by atoms with van der Waals surface area (Å²) in [4.78, 5) is 22.7. The van der Waals surface area contributed by atoms with E-state index in [1.54, 1.807) is 6.07 Å². The molecule has 1 aliphatic carbocycles. The molecule has 0 bridgehead atoms. The predicted octanol–water partition coefficient (Wildman–Crippen LogP) is 0.561. The molecule has 1 saturated carbocycles. The summed E-state index contributed by atoms with van der Waals surface area (Å²) in [6.07, 6.45) is 2.77. The molecule has 2 heterocycles. The molecule has 2 aromatic rings. The first kappa shape index (κ1) is 19.8. The second-order valence-electron chi connectivity index (χ2n) is 7.87. The van der Waals surface area contributed by atoms with Gasteiger partial charge in [-0.3, -0.25) is 9.69 Å². The molecular weight excluding hydrogens is 370 g/mol. The van der Waals surface area contributed by atoms with Crippen molar-refractivity contribution in [1.82, 2.24) is 20.2 Å². The van der Waals surface area contributed by atoms with Crippen LogP contribution < -0.4 is 10.6 Å². The molecule has 2 aliphatic rings. The van der Waals surface area contributed by atoms with Crippen LogP contribution in [0.2, 0.25) is 0 Å². The van der Waals surface area contributed by atoms with E-state index in [2.05, 4.69) is 43.7 Å². The number of fused-ring (bicyclic) bond motifs is 1. The fourth-order valence-electron chi connectivity index (χ4n) is 3.85. The second-order valence-corrected chi connectivity index (χ2v) is 7.87. The smallest absolute Gasteiger partial charge is 0.270 e. The SMILES string of the molecule is O=C(NC[C@H](O)CN1CCc2ccccc2C1)c1cc(N[C@H]2C[C@@H](O)C2)ncn1. The van der Waals surface area contributed by atoms with Crippen LogP contribution in [0.25, 0.3) is 0 Å². The number of amides is 1.